The summed E-state index contributed by atoms with van der Waals surface area (Å²) in [5.41, 5.74) is 2.75. The third kappa shape index (κ3) is 4.33. The molecule has 0 atom stereocenters. The van der Waals surface area contributed by atoms with Gasteiger partial charge in [0.15, 0.2) is 0 Å². The molecule has 1 N–H and O–H groups in total. The van der Waals surface area contributed by atoms with E-state index in [2.05, 4.69) is 15.5 Å². The van der Waals surface area contributed by atoms with Crippen LogP contribution in [0.5, 0.6) is 0 Å². The Bertz CT molecular complexity index is 1230. The number of aryl methyl sites for hydroxylation is 2. The maximum Gasteiger partial charge on any atom is 0.292 e. The fourth-order valence-corrected chi connectivity index (χ4v) is 5.72. The summed E-state index contributed by atoms with van der Waals surface area (Å²) < 4.78 is 5.10. The van der Waals surface area contributed by atoms with Crippen molar-refractivity contribution in [2.75, 3.05) is 31.5 Å². The fourth-order valence-electron chi connectivity index (χ4n) is 4.44. The summed E-state index contributed by atoms with van der Waals surface area (Å²) in [7, 11) is 0. The number of hydrogen-bond acceptors (Lipinski definition) is 7. The lowest BCUT2D eigenvalue weighted by atomic mass is 9.95. The largest absolute Gasteiger partial charge is 0.351 e. The first-order valence-corrected chi connectivity index (χ1v) is 12.2. The molecule has 10 heteroatoms. The van der Waals surface area contributed by atoms with E-state index in [1.807, 2.05) is 0 Å². The summed E-state index contributed by atoms with van der Waals surface area (Å²) in [6.45, 7) is 3.42. The van der Waals surface area contributed by atoms with Crippen LogP contribution in [0.4, 0.5) is 5.00 Å². The second kappa shape index (κ2) is 9.38. The van der Waals surface area contributed by atoms with Gasteiger partial charge in [0.1, 0.15) is 5.00 Å². The first kappa shape index (κ1) is 22.3. The van der Waals surface area contributed by atoms with Crippen LogP contribution in [-0.2, 0) is 12.8 Å². The molecule has 3 aromatic heterocycles. The number of aromatic nitrogens is 2. The molecule has 0 radical (unpaired) electrons. The van der Waals surface area contributed by atoms with Gasteiger partial charge in [-0.25, -0.2) is 0 Å². The highest BCUT2D eigenvalue weighted by molar-refractivity contribution is 7.17. The normalized spacial score (nSPS) is 15.7. The smallest absolute Gasteiger partial charge is 0.292 e. The maximum absolute atomic E-state index is 13.7. The lowest BCUT2D eigenvalue weighted by molar-refractivity contribution is 0.0512. The topological polar surface area (TPSA) is 109 Å². The Morgan fingerprint density at radius 3 is 2.47 bits per heavy atom. The van der Waals surface area contributed by atoms with Crippen LogP contribution in [0.15, 0.2) is 35.1 Å². The number of fused-ring (bicyclic) bond motifs is 1. The quantitative estimate of drug-likeness (QED) is 0.616. The number of thiophene rings is 1. The number of carbonyl (C=O) groups excluding carboxylic acids is 3. The second-order valence-electron chi connectivity index (χ2n) is 8.53. The predicted octanol–water partition coefficient (Wildman–Crippen LogP) is 3.17. The minimum absolute atomic E-state index is 0.0940. The number of rotatable bonds is 4. The number of carbonyl (C=O) groups is 3. The van der Waals surface area contributed by atoms with Crippen molar-refractivity contribution in [2.45, 2.75) is 32.6 Å². The van der Waals surface area contributed by atoms with Crippen molar-refractivity contribution in [1.29, 1.82) is 0 Å². The molecule has 0 aromatic carbocycles. The van der Waals surface area contributed by atoms with Crippen LogP contribution < -0.4 is 5.32 Å². The average molecular weight is 480 g/mol. The average Bonchev–Trinajstić information content (AvgIpc) is 3.47. The summed E-state index contributed by atoms with van der Waals surface area (Å²) in [4.78, 5) is 47.8. The van der Waals surface area contributed by atoms with Crippen molar-refractivity contribution in [3.05, 3.63) is 63.6 Å². The van der Waals surface area contributed by atoms with E-state index in [0.717, 1.165) is 31.2 Å². The molecule has 3 aromatic rings. The number of hydrogen-bond donors (Lipinski definition) is 1. The lowest BCUT2D eigenvalue weighted by Gasteiger charge is -2.34. The van der Waals surface area contributed by atoms with E-state index in [-0.39, 0.29) is 23.5 Å². The highest BCUT2D eigenvalue weighted by atomic mass is 32.1. The van der Waals surface area contributed by atoms with E-state index in [4.69, 9.17) is 4.52 Å². The monoisotopic (exact) mass is 479 g/mol. The van der Waals surface area contributed by atoms with Crippen LogP contribution in [0.2, 0.25) is 0 Å². The predicted molar refractivity (Wildman–Crippen MR) is 126 cm³/mol. The summed E-state index contributed by atoms with van der Waals surface area (Å²) in [6, 6.07) is 5.03. The molecule has 1 fully saturated rings. The fraction of sp³-hybridized carbons (Fsp3) is 0.375. The molecule has 34 heavy (non-hydrogen) atoms. The van der Waals surface area contributed by atoms with E-state index in [1.165, 1.54) is 22.4 Å². The Morgan fingerprint density at radius 2 is 1.79 bits per heavy atom. The third-order valence-corrected chi connectivity index (χ3v) is 7.44. The van der Waals surface area contributed by atoms with Crippen LogP contribution in [0.25, 0.3) is 0 Å². The van der Waals surface area contributed by atoms with Crippen molar-refractivity contribution >= 4 is 34.1 Å². The summed E-state index contributed by atoms with van der Waals surface area (Å²) in [6.07, 6.45) is 6.99. The van der Waals surface area contributed by atoms with Gasteiger partial charge in [-0.1, -0.05) is 5.16 Å². The van der Waals surface area contributed by atoms with Crippen molar-refractivity contribution in [1.82, 2.24) is 19.9 Å². The van der Waals surface area contributed by atoms with E-state index < -0.39 is 0 Å². The van der Waals surface area contributed by atoms with Gasteiger partial charge in [0.2, 0.25) is 5.76 Å². The number of amides is 3. The molecule has 9 nitrogen and oxygen atoms in total. The van der Waals surface area contributed by atoms with Crippen molar-refractivity contribution in [3.8, 4) is 0 Å². The molecular weight excluding hydrogens is 454 g/mol. The van der Waals surface area contributed by atoms with E-state index in [9.17, 15) is 14.4 Å². The zero-order valence-corrected chi connectivity index (χ0v) is 19.7. The van der Waals surface area contributed by atoms with Gasteiger partial charge in [-0.15, -0.1) is 11.3 Å². The SMILES string of the molecule is Cc1cc(C(=O)N2CCN(C(=O)c3c(NC(=O)c4cccnc4)sc4c3CCCC4)CC2)on1. The van der Waals surface area contributed by atoms with Gasteiger partial charge in [0, 0.05) is 49.5 Å². The highest BCUT2D eigenvalue weighted by Crippen LogP contribution is 2.39. The second-order valence-corrected chi connectivity index (χ2v) is 9.63. The Kier molecular flexibility index (Phi) is 6.14. The maximum atomic E-state index is 13.7. The zero-order chi connectivity index (χ0) is 23.7. The van der Waals surface area contributed by atoms with Crippen molar-refractivity contribution in [2.24, 2.45) is 0 Å². The zero-order valence-electron chi connectivity index (χ0n) is 18.9. The third-order valence-electron chi connectivity index (χ3n) is 6.23. The Hall–Kier alpha value is -3.53. The minimum atomic E-state index is -0.279. The van der Waals surface area contributed by atoms with Crippen molar-refractivity contribution in [3.63, 3.8) is 0 Å². The molecule has 1 aliphatic carbocycles. The Balaban J connectivity index is 1.34. The number of nitrogens with zero attached hydrogens (tertiary/aromatic N) is 4. The minimum Gasteiger partial charge on any atom is -0.351 e. The van der Waals surface area contributed by atoms with Gasteiger partial charge in [0.05, 0.1) is 16.8 Å². The summed E-state index contributed by atoms with van der Waals surface area (Å²) >= 11 is 1.50. The van der Waals surface area contributed by atoms with Gasteiger partial charge in [-0.05, 0) is 50.3 Å². The molecular formula is C24H25N5O4S. The first-order valence-electron chi connectivity index (χ1n) is 11.4. The first-order chi connectivity index (χ1) is 16.5. The Morgan fingerprint density at radius 1 is 1.06 bits per heavy atom. The standard InChI is InChI=1S/C24H25N5O4S/c1-15-13-18(33-27-15)23(31)28-9-11-29(12-10-28)24(32)20-17-6-2-3-7-19(17)34-22(20)26-21(30)16-5-4-8-25-14-16/h4-5,8,13-14H,2-3,6-7,9-12H2,1H3,(H,26,30). The van der Waals surface area contributed by atoms with Gasteiger partial charge in [-0.2, -0.15) is 0 Å². The van der Waals surface area contributed by atoms with Crippen LogP contribution >= 0.6 is 11.3 Å². The molecule has 2 aliphatic rings. The molecule has 1 aliphatic heterocycles. The molecule has 0 saturated carbocycles. The van der Waals surface area contributed by atoms with Crippen LogP contribution in [-0.4, -0.2) is 63.8 Å². The highest BCUT2D eigenvalue weighted by Gasteiger charge is 2.32. The Labute approximate surface area is 200 Å². The van der Waals surface area contributed by atoms with E-state index in [1.54, 1.807) is 41.1 Å². The van der Waals surface area contributed by atoms with Gasteiger partial charge in [0.25, 0.3) is 17.7 Å². The molecule has 4 heterocycles. The van der Waals surface area contributed by atoms with E-state index >= 15 is 0 Å². The van der Waals surface area contributed by atoms with Crippen LogP contribution in [0.3, 0.4) is 0 Å². The van der Waals surface area contributed by atoms with E-state index in [0.29, 0.717) is 48.0 Å². The lowest BCUT2D eigenvalue weighted by Crippen LogP contribution is -2.50. The van der Waals surface area contributed by atoms with Crippen LogP contribution in [0, 0.1) is 6.92 Å². The molecule has 0 unspecified atom stereocenters. The molecule has 176 valence electrons. The van der Waals surface area contributed by atoms with Gasteiger partial charge >= 0.3 is 0 Å². The van der Waals surface area contributed by atoms with Crippen LogP contribution in [0.1, 0.15) is 60.2 Å². The number of anilines is 1. The molecule has 3 amide bonds. The number of pyridine rings is 1. The summed E-state index contributed by atoms with van der Waals surface area (Å²) in [5.74, 6) is -0.378. The molecule has 5 rings (SSSR count). The molecule has 0 spiro atoms. The van der Waals surface area contributed by atoms with Crippen molar-refractivity contribution < 1.29 is 18.9 Å². The molecule has 1 saturated heterocycles. The number of piperazine rings is 1. The van der Waals surface area contributed by atoms with Gasteiger partial charge in [-0.3, -0.25) is 19.4 Å². The summed E-state index contributed by atoms with van der Waals surface area (Å²) in [5, 5.41) is 7.34. The number of nitrogens with one attached hydrogen (secondary N) is 1. The van der Waals surface area contributed by atoms with Gasteiger partial charge < -0.3 is 19.6 Å². The molecule has 0 bridgehead atoms.